The third-order valence-corrected chi connectivity index (χ3v) is 7.68. The summed E-state index contributed by atoms with van der Waals surface area (Å²) < 4.78 is 2.06. The van der Waals surface area contributed by atoms with Gasteiger partial charge in [0.1, 0.15) is 11.4 Å². The highest BCUT2D eigenvalue weighted by molar-refractivity contribution is 6.31. The molecular formula is C27H29ClN6O3. The fourth-order valence-corrected chi connectivity index (χ4v) is 5.75. The average Bonchev–Trinajstić information content (AvgIpc) is 3.32. The number of anilines is 1. The van der Waals surface area contributed by atoms with Crippen molar-refractivity contribution in [2.24, 2.45) is 0 Å². The van der Waals surface area contributed by atoms with Crippen molar-refractivity contribution in [3.05, 3.63) is 53.1 Å². The van der Waals surface area contributed by atoms with E-state index in [2.05, 4.69) is 15.6 Å². The molecule has 0 radical (unpaired) electrons. The summed E-state index contributed by atoms with van der Waals surface area (Å²) in [6, 6.07) is 9.62. The molecule has 2 aliphatic heterocycles. The Morgan fingerprint density at radius 3 is 2.73 bits per heavy atom. The van der Waals surface area contributed by atoms with Gasteiger partial charge >= 0.3 is 0 Å². The van der Waals surface area contributed by atoms with E-state index < -0.39 is 11.0 Å². The third kappa shape index (κ3) is 4.34. The van der Waals surface area contributed by atoms with Gasteiger partial charge in [0.15, 0.2) is 0 Å². The minimum atomic E-state index is -1.45. The van der Waals surface area contributed by atoms with Crippen molar-refractivity contribution in [1.82, 2.24) is 19.4 Å². The van der Waals surface area contributed by atoms with Gasteiger partial charge < -0.3 is 19.5 Å². The van der Waals surface area contributed by atoms with Crippen LogP contribution >= 0.6 is 11.6 Å². The van der Waals surface area contributed by atoms with Crippen LogP contribution in [0.1, 0.15) is 50.9 Å². The average molecular weight is 521 g/mol. The van der Waals surface area contributed by atoms with Gasteiger partial charge in [0.2, 0.25) is 5.91 Å². The first-order valence-electron chi connectivity index (χ1n) is 12.5. The maximum absolute atomic E-state index is 14.1. The van der Waals surface area contributed by atoms with Crippen LogP contribution in [-0.2, 0) is 28.1 Å². The molecule has 1 saturated heterocycles. The molecule has 2 aliphatic rings. The molecule has 2 aromatic heterocycles. The highest BCUT2D eigenvalue weighted by Gasteiger charge is 2.53. The predicted octanol–water partition coefficient (Wildman–Crippen LogP) is 3.57. The van der Waals surface area contributed by atoms with Crippen molar-refractivity contribution in [3.63, 3.8) is 0 Å². The fourth-order valence-electron chi connectivity index (χ4n) is 5.59. The molecule has 3 aromatic rings. The van der Waals surface area contributed by atoms with E-state index in [1.54, 1.807) is 28.3 Å². The molecule has 0 unspecified atom stereocenters. The SMILES string of the molecule is CC(C)(O)C(=O)N1CCC2(CC1)C(=O)N(Cc1nc3cc(Cl)ccc3n1CCCC#N)c1cnccc12. The van der Waals surface area contributed by atoms with Crippen molar-refractivity contribution in [3.8, 4) is 6.07 Å². The second-order valence-corrected chi connectivity index (χ2v) is 10.7. The molecular weight excluding hydrogens is 492 g/mol. The third-order valence-electron chi connectivity index (χ3n) is 7.45. The molecule has 5 rings (SSSR count). The summed E-state index contributed by atoms with van der Waals surface area (Å²) in [6.45, 7) is 4.59. The van der Waals surface area contributed by atoms with Crippen LogP contribution in [0.15, 0.2) is 36.7 Å². The number of nitriles is 1. The van der Waals surface area contributed by atoms with E-state index >= 15 is 0 Å². The minimum Gasteiger partial charge on any atom is -0.381 e. The van der Waals surface area contributed by atoms with E-state index in [1.807, 2.05) is 18.2 Å². The number of fused-ring (bicyclic) bond motifs is 3. The monoisotopic (exact) mass is 520 g/mol. The molecule has 192 valence electrons. The number of hydrogen-bond acceptors (Lipinski definition) is 6. The van der Waals surface area contributed by atoms with E-state index in [9.17, 15) is 14.7 Å². The first-order valence-corrected chi connectivity index (χ1v) is 12.8. The number of carbonyl (C=O) groups is 2. The molecule has 9 nitrogen and oxygen atoms in total. The zero-order valence-electron chi connectivity index (χ0n) is 20.9. The summed E-state index contributed by atoms with van der Waals surface area (Å²) in [5, 5.41) is 19.8. The Bertz CT molecular complexity index is 1410. The lowest BCUT2D eigenvalue weighted by Gasteiger charge is -2.40. The van der Waals surface area contributed by atoms with Crippen molar-refractivity contribution in [2.45, 2.75) is 63.6 Å². The number of aliphatic hydroxyl groups is 1. The number of piperidine rings is 1. The van der Waals surface area contributed by atoms with Gasteiger partial charge in [0, 0.05) is 37.3 Å². The number of imidazole rings is 1. The molecule has 37 heavy (non-hydrogen) atoms. The summed E-state index contributed by atoms with van der Waals surface area (Å²) in [5.41, 5.74) is 1.11. The van der Waals surface area contributed by atoms with E-state index in [0.717, 1.165) is 22.3 Å². The summed E-state index contributed by atoms with van der Waals surface area (Å²) in [6.07, 6.45) is 5.44. The first kappa shape index (κ1) is 25.2. The van der Waals surface area contributed by atoms with E-state index in [-0.39, 0.29) is 18.4 Å². The minimum absolute atomic E-state index is 0.0282. The van der Waals surface area contributed by atoms with Gasteiger partial charge in [0.25, 0.3) is 5.91 Å². The van der Waals surface area contributed by atoms with Crippen LogP contribution < -0.4 is 4.90 Å². The normalized spacial score (nSPS) is 16.9. The summed E-state index contributed by atoms with van der Waals surface area (Å²) in [7, 11) is 0. The largest absolute Gasteiger partial charge is 0.381 e. The molecule has 4 heterocycles. The number of aryl methyl sites for hydroxylation is 1. The van der Waals surface area contributed by atoms with E-state index in [0.29, 0.717) is 56.2 Å². The van der Waals surface area contributed by atoms with Crippen LogP contribution in [0.25, 0.3) is 11.0 Å². The topological polar surface area (TPSA) is 115 Å². The highest BCUT2D eigenvalue weighted by atomic mass is 35.5. The van der Waals surface area contributed by atoms with Crippen LogP contribution in [0.5, 0.6) is 0 Å². The van der Waals surface area contributed by atoms with Gasteiger partial charge in [-0.05, 0) is 62.9 Å². The van der Waals surface area contributed by atoms with Crippen LogP contribution in [0.3, 0.4) is 0 Å². The van der Waals surface area contributed by atoms with Gasteiger partial charge in [-0.25, -0.2) is 4.98 Å². The number of carbonyl (C=O) groups excluding carboxylic acids is 2. The maximum Gasteiger partial charge on any atom is 0.253 e. The molecule has 0 saturated carbocycles. The number of pyridine rings is 1. The lowest BCUT2D eigenvalue weighted by Crippen LogP contribution is -2.54. The van der Waals surface area contributed by atoms with Crippen molar-refractivity contribution in [1.29, 1.82) is 5.26 Å². The lowest BCUT2D eigenvalue weighted by molar-refractivity contribution is -0.150. The second kappa shape index (κ2) is 9.43. The van der Waals surface area contributed by atoms with Gasteiger partial charge in [0.05, 0.1) is 40.9 Å². The Labute approximate surface area is 220 Å². The predicted molar refractivity (Wildman–Crippen MR) is 139 cm³/mol. The molecule has 10 heteroatoms. The van der Waals surface area contributed by atoms with Gasteiger partial charge in [-0.1, -0.05) is 11.6 Å². The number of halogens is 1. The second-order valence-electron chi connectivity index (χ2n) is 10.3. The Morgan fingerprint density at radius 2 is 2.03 bits per heavy atom. The zero-order chi connectivity index (χ0) is 26.4. The van der Waals surface area contributed by atoms with Crippen molar-refractivity contribution in [2.75, 3.05) is 18.0 Å². The summed E-state index contributed by atoms with van der Waals surface area (Å²) in [5.74, 6) is 0.355. The number of amides is 2. The molecule has 0 aliphatic carbocycles. The molecule has 2 amide bonds. The summed E-state index contributed by atoms with van der Waals surface area (Å²) in [4.78, 5) is 39.3. The van der Waals surface area contributed by atoms with Crippen molar-refractivity contribution < 1.29 is 14.7 Å². The van der Waals surface area contributed by atoms with Crippen molar-refractivity contribution >= 4 is 40.1 Å². The first-order chi connectivity index (χ1) is 17.7. The Morgan fingerprint density at radius 1 is 1.27 bits per heavy atom. The quantitative estimate of drug-likeness (QED) is 0.497. The molecule has 1 spiro atoms. The van der Waals surface area contributed by atoms with Crippen LogP contribution in [0.2, 0.25) is 5.02 Å². The molecule has 1 aromatic carbocycles. The van der Waals surface area contributed by atoms with E-state index in [4.69, 9.17) is 21.8 Å². The molecule has 1 N–H and O–H groups in total. The molecule has 0 atom stereocenters. The van der Waals surface area contributed by atoms with Crippen LogP contribution in [0.4, 0.5) is 5.69 Å². The maximum atomic E-state index is 14.1. The smallest absolute Gasteiger partial charge is 0.253 e. The highest BCUT2D eigenvalue weighted by Crippen LogP contribution is 2.48. The van der Waals surface area contributed by atoms with E-state index in [1.165, 1.54) is 13.8 Å². The number of unbranched alkanes of at least 4 members (excludes halogenated alkanes) is 1. The number of nitrogens with zero attached hydrogens (tertiary/aromatic N) is 6. The lowest BCUT2D eigenvalue weighted by atomic mass is 9.73. The number of benzene rings is 1. The van der Waals surface area contributed by atoms with Crippen LogP contribution in [0, 0.1) is 11.3 Å². The molecule has 0 bridgehead atoms. The van der Waals surface area contributed by atoms with Crippen LogP contribution in [-0.4, -0.2) is 55.0 Å². The Balaban J connectivity index is 1.48. The Kier molecular flexibility index (Phi) is 6.42. The van der Waals surface area contributed by atoms with Gasteiger partial charge in [-0.2, -0.15) is 5.26 Å². The Hall–Kier alpha value is -3.48. The standard InChI is InChI=1S/C27H29ClN6O3/c1-26(2,37)24(35)32-13-8-27(9-14-32)19-7-11-30-16-22(19)34(25(27)36)17-23-31-20-15-18(28)5-6-21(20)33(23)12-4-3-10-29/h5-7,11,15-16,37H,3-4,8-9,12-14,17H2,1-2H3. The number of hydrogen-bond donors (Lipinski definition) is 1. The number of likely N-dealkylation sites (tertiary alicyclic amines) is 1. The number of rotatable bonds is 6. The zero-order valence-corrected chi connectivity index (χ0v) is 21.7. The van der Waals surface area contributed by atoms with Gasteiger partial charge in [-0.3, -0.25) is 14.6 Å². The summed E-state index contributed by atoms with van der Waals surface area (Å²) >= 11 is 6.22. The molecule has 1 fully saturated rings. The number of aromatic nitrogens is 3. The van der Waals surface area contributed by atoms with Gasteiger partial charge in [-0.15, -0.1) is 0 Å². The fraction of sp³-hybridized carbons (Fsp3) is 0.444.